The van der Waals surface area contributed by atoms with Gasteiger partial charge in [0.1, 0.15) is 0 Å². The molecule has 0 aromatic carbocycles. The number of hydrogen-bond acceptors (Lipinski definition) is 2. The van der Waals surface area contributed by atoms with Gasteiger partial charge in [-0.1, -0.05) is 19.8 Å². The SMILES string of the molecule is CCCN1CCC(C(C)NC2CCCC2)CC1. The summed E-state index contributed by atoms with van der Waals surface area (Å²) >= 11 is 0. The minimum absolute atomic E-state index is 0.738. The van der Waals surface area contributed by atoms with E-state index in [0.717, 1.165) is 18.0 Å². The lowest BCUT2D eigenvalue weighted by molar-refractivity contribution is 0.158. The maximum absolute atomic E-state index is 3.88. The Kier molecular flexibility index (Phi) is 5.30. The second kappa shape index (κ2) is 6.75. The van der Waals surface area contributed by atoms with E-state index < -0.39 is 0 Å². The highest BCUT2D eigenvalue weighted by Gasteiger charge is 2.25. The molecule has 0 radical (unpaired) electrons. The average molecular weight is 238 g/mol. The van der Waals surface area contributed by atoms with Crippen molar-refractivity contribution in [2.75, 3.05) is 19.6 Å². The highest BCUT2D eigenvalue weighted by molar-refractivity contribution is 4.83. The first kappa shape index (κ1) is 13.4. The Labute approximate surface area is 107 Å². The van der Waals surface area contributed by atoms with Crippen LogP contribution in [0, 0.1) is 5.92 Å². The summed E-state index contributed by atoms with van der Waals surface area (Å²) in [6.07, 6.45) is 9.83. The van der Waals surface area contributed by atoms with E-state index in [2.05, 4.69) is 24.1 Å². The van der Waals surface area contributed by atoms with Crippen LogP contribution in [-0.4, -0.2) is 36.6 Å². The van der Waals surface area contributed by atoms with Crippen molar-refractivity contribution in [1.29, 1.82) is 0 Å². The molecule has 0 spiro atoms. The fraction of sp³-hybridized carbons (Fsp3) is 1.00. The third kappa shape index (κ3) is 3.96. The molecule has 2 rings (SSSR count). The van der Waals surface area contributed by atoms with E-state index in [4.69, 9.17) is 0 Å². The maximum atomic E-state index is 3.88. The molecule has 2 aliphatic rings. The Morgan fingerprint density at radius 2 is 1.76 bits per heavy atom. The molecule has 1 N–H and O–H groups in total. The van der Waals surface area contributed by atoms with E-state index in [1.165, 1.54) is 64.6 Å². The summed E-state index contributed by atoms with van der Waals surface area (Å²) in [7, 11) is 0. The molecule has 2 fully saturated rings. The van der Waals surface area contributed by atoms with Crippen molar-refractivity contribution in [3.8, 4) is 0 Å². The number of nitrogens with one attached hydrogen (secondary N) is 1. The van der Waals surface area contributed by atoms with Gasteiger partial charge in [0.2, 0.25) is 0 Å². The molecule has 1 aliphatic heterocycles. The molecule has 1 unspecified atom stereocenters. The summed E-state index contributed by atoms with van der Waals surface area (Å²) in [6, 6.07) is 1.57. The van der Waals surface area contributed by atoms with Gasteiger partial charge >= 0.3 is 0 Å². The molecule has 1 saturated carbocycles. The largest absolute Gasteiger partial charge is 0.311 e. The Bertz CT molecular complexity index is 203. The van der Waals surface area contributed by atoms with Gasteiger partial charge in [0, 0.05) is 12.1 Å². The summed E-state index contributed by atoms with van der Waals surface area (Å²) in [5.74, 6) is 0.920. The van der Waals surface area contributed by atoms with E-state index in [0.29, 0.717) is 0 Å². The van der Waals surface area contributed by atoms with E-state index in [1.54, 1.807) is 0 Å². The lowest BCUT2D eigenvalue weighted by Crippen LogP contribution is -2.44. The predicted molar refractivity (Wildman–Crippen MR) is 74.3 cm³/mol. The predicted octanol–water partition coefficient (Wildman–Crippen LogP) is 3.03. The monoisotopic (exact) mass is 238 g/mol. The van der Waals surface area contributed by atoms with Gasteiger partial charge in [0.15, 0.2) is 0 Å². The van der Waals surface area contributed by atoms with Crippen LogP contribution in [0.15, 0.2) is 0 Å². The van der Waals surface area contributed by atoms with Gasteiger partial charge in [0.05, 0.1) is 0 Å². The molecule has 1 aliphatic carbocycles. The second-order valence-corrected chi connectivity index (χ2v) is 6.12. The van der Waals surface area contributed by atoms with Crippen LogP contribution in [-0.2, 0) is 0 Å². The summed E-state index contributed by atoms with van der Waals surface area (Å²) in [5, 5.41) is 3.88. The minimum atomic E-state index is 0.738. The summed E-state index contributed by atoms with van der Waals surface area (Å²) in [5.41, 5.74) is 0. The molecule has 2 heteroatoms. The molecule has 0 amide bonds. The first-order valence-corrected chi connectivity index (χ1v) is 7.78. The van der Waals surface area contributed by atoms with Gasteiger partial charge in [-0.3, -0.25) is 0 Å². The molecule has 2 nitrogen and oxygen atoms in total. The molecule has 1 saturated heterocycles. The highest BCUT2D eigenvalue weighted by Crippen LogP contribution is 2.24. The first-order valence-electron chi connectivity index (χ1n) is 7.78. The van der Waals surface area contributed by atoms with Crippen LogP contribution in [0.1, 0.15) is 58.8 Å². The van der Waals surface area contributed by atoms with Crippen LogP contribution in [0.4, 0.5) is 0 Å². The van der Waals surface area contributed by atoms with Crippen molar-refractivity contribution in [2.45, 2.75) is 70.9 Å². The Hall–Kier alpha value is -0.0800. The van der Waals surface area contributed by atoms with E-state index >= 15 is 0 Å². The van der Waals surface area contributed by atoms with Crippen LogP contribution >= 0.6 is 0 Å². The van der Waals surface area contributed by atoms with Crippen molar-refractivity contribution in [3.05, 3.63) is 0 Å². The fourth-order valence-corrected chi connectivity index (χ4v) is 3.59. The summed E-state index contributed by atoms with van der Waals surface area (Å²) in [4.78, 5) is 2.64. The van der Waals surface area contributed by atoms with Crippen molar-refractivity contribution in [1.82, 2.24) is 10.2 Å². The van der Waals surface area contributed by atoms with Gasteiger partial charge in [0.25, 0.3) is 0 Å². The van der Waals surface area contributed by atoms with E-state index in [9.17, 15) is 0 Å². The second-order valence-electron chi connectivity index (χ2n) is 6.12. The van der Waals surface area contributed by atoms with Crippen molar-refractivity contribution >= 4 is 0 Å². The zero-order valence-corrected chi connectivity index (χ0v) is 11.8. The number of nitrogens with zero attached hydrogens (tertiary/aromatic N) is 1. The first-order chi connectivity index (χ1) is 8.29. The Morgan fingerprint density at radius 3 is 2.35 bits per heavy atom. The van der Waals surface area contributed by atoms with Gasteiger partial charge in [-0.25, -0.2) is 0 Å². The topological polar surface area (TPSA) is 15.3 Å². The van der Waals surface area contributed by atoms with Crippen LogP contribution in [0.3, 0.4) is 0 Å². The van der Waals surface area contributed by atoms with Gasteiger partial charge in [-0.15, -0.1) is 0 Å². The summed E-state index contributed by atoms with van der Waals surface area (Å²) in [6.45, 7) is 8.66. The van der Waals surface area contributed by atoms with Crippen molar-refractivity contribution in [3.63, 3.8) is 0 Å². The molecule has 0 aromatic rings. The molecular formula is C15H30N2. The van der Waals surface area contributed by atoms with Crippen LogP contribution in [0.5, 0.6) is 0 Å². The van der Waals surface area contributed by atoms with Crippen molar-refractivity contribution < 1.29 is 0 Å². The van der Waals surface area contributed by atoms with Crippen LogP contribution in [0.2, 0.25) is 0 Å². The van der Waals surface area contributed by atoms with Gasteiger partial charge < -0.3 is 10.2 Å². The third-order valence-electron chi connectivity index (χ3n) is 4.73. The zero-order valence-electron chi connectivity index (χ0n) is 11.8. The number of rotatable bonds is 5. The maximum Gasteiger partial charge on any atom is 0.00705 e. The zero-order chi connectivity index (χ0) is 12.1. The fourth-order valence-electron chi connectivity index (χ4n) is 3.59. The number of hydrogen-bond donors (Lipinski definition) is 1. The Morgan fingerprint density at radius 1 is 1.12 bits per heavy atom. The number of likely N-dealkylation sites (tertiary alicyclic amines) is 1. The lowest BCUT2D eigenvalue weighted by atomic mass is 9.89. The quantitative estimate of drug-likeness (QED) is 0.792. The normalized spacial score (nSPS) is 26.5. The summed E-state index contributed by atoms with van der Waals surface area (Å²) < 4.78 is 0. The lowest BCUT2D eigenvalue weighted by Gasteiger charge is -2.36. The molecule has 0 bridgehead atoms. The number of piperidine rings is 1. The third-order valence-corrected chi connectivity index (χ3v) is 4.73. The smallest absolute Gasteiger partial charge is 0.00705 e. The Balaban J connectivity index is 1.68. The molecular weight excluding hydrogens is 208 g/mol. The molecule has 0 aromatic heterocycles. The molecule has 1 atom stereocenters. The van der Waals surface area contributed by atoms with Gasteiger partial charge in [-0.2, -0.15) is 0 Å². The van der Waals surface area contributed by atoms with E-state index in [-0.39, 0.29) is 0 Å². The standard InChI is InChI=1S/C15H30N2/c1-3-10-17-11-8-14(9-12-17)13(2)16-15-6-4-5-7-15/h13-16H,3-12H2,1-2H3. The molecule has 1 heterocycles. The van der Waals surface area contributed by atoms with Crippen LogP contribution in [0.25, 0.3) is 0 Å². The molecule has 100 valence electrons. The van der Waals surface area contributed by atoms with Crippen LogP contribution < -0.4 is 5.32 Å². The molecule has 17 heavy (non-hydrogen) atoms. The van der Waals surface area contributed by atoms with E-state index in [1.807, 2.05) is 0 Å². The van der Waals surface area contributed by atoms with Gasteiger partial charge in [-0.05, 0) is 64.6 Å². The average Bonchev–Trinajstić information content (AvgIpc) is 2.83. The minimum Gasteiger partial charge on any atom is -0.311 e. The van der Waals surface area contributed by atoms with Crippen molar-refractivity contribution in [2.24, 2.45) is 5.92 Å². The highest BCUT2D eigenvalue weighted by atomic mass is 15.1.